The van der Waals surface area contributed by atoms with Gasteiger partial charge < -0.3 is 15.6 Å². The average molecular weight is 240 g/mol. The Morgan fingerprint density at radius 2 is 2.06 bits per heavy atom. The van der Waals surface area contributed by atoms with Crippen molar-refractivity contribution in [1.82, 2.24) is 9.71 Å². The predicted molar refractivity (Wildman–Crippen MR) is 62.0 cm³/mol. The van der Waals surface area contributed by atoms with Crippen LogP contribution in [-0.2, 0) is 0 Å². The average Bonchev–Trinajstić information content (AvgIpc) is 2.46. The molecule has 0 radical (unpaired) electrons. The van der Waals surface area contributed by atoms with Gasteiger partial charge in [0.05, 0.1) is 11.4 Å². The van der Waals surface area contributed by atoms with E-state index in [1.54, 1.807) is 27.7 Å². The summed E-state index contributed by atoms with van der Waals surface area (Å²) in [6.07, 6.45) is 2.24. The topological polar surface area (TPSA) is 96.7 Å². The van der Waals surface area contributed by atoms with Crippen LogP contribution in [-0.4, -0.2) is 42.8 Å². The molecule has 0 atom stereocenters. The molecule has 0 aliphatic rings. The third-order valence-corrected chi connectivity index (χ3v) is 2.51. The first-order chi connectivity index (χ1) is 7.79. The monoisotopic (exact) mass is 240 g/mol. The molecule has 0 saturated carbocycles. The van der Waals surface area contributed by atoms with Crippen LogP contribution in [0.2, 0.25) is 0 Å². The maximum absolute atomic E-state index is 11.8. The van der Waals surface area contributed by atoms with Gasteiger partial charge in [-0.15, -0.1) is 0 Å². The molecule has 1 heterocycles. The Bertz CT molecular complexity index is 474. The van der Waals surface area contributed by atoms with Crippen molar-refractivity contribution in [1.29, 1.82) is 0 Å². The number of nitrogens with zero attached hydrogens (tertiary/aromatic N) is 4. The van der Waals surface area contributed by atoms with E-state index in [4.69, 9.17) is 5.21 Å². The van der Waals surface area contributed by atoms with E-state index in [1.165, 1.54) is 0 Å². The Balaban J connectivity index is 3.15. The molecule has 1 aromatic rings. The van der Waals surface area contributed by atoms with Crippen molar-refractivity contribution in [2.24, 2.45) is 5.16 Å². The summed E-state index contributed by atoms with van der Waals surface area (Å²) in [5.74, 6) is 0.134. The standard InChI is InChI=1S/C10H16N4O3/c1-7-8(2)14(17)9(12-7)5-13(16)10(3,4)6-11-15/h5-6,15,17H,1-4H3. The Morgan fingerprint density at radius 3 is 2.47 bits per heavy atom. The zero-order valence-electron chi connectivity index (χ0n) is 10.2. The molecule has 7 nitrogen and oxygen atoms in total. The molecule has 0 aliphatic heterocycles. The van der Waals surface area contributed by atoms with Crippen LogP contribution in [0.1, 0.15) is 31.1 Å². The quantitative estimate of drug-likeness (QED) is 0.205. The summed E-state index contributed by atoms with van der Waals surface area (Å²) in [6, 6.07) is 0. The second-order valence-corrected chi connectivity index (χ2v) is 4.31. The van der Waals surface area contributed by atoms with Gasteiger partial charge in [0.2, 0.25) is 17.6 Å². The van der Waals surface area contributed by atoms with Crippen LogP contribution in [0, 0.1) is 19.1 Å². The van der Waals surface area contributed by atoms with Crippen molar-refractivity contribution in [3.05, 3.63) is 22.4 Å². The lowest BCUT2D eigenvalue weighted by atomic mass is 10.1. The van der Waals surface area contributed by atoms with E-state index >= 15 is 0 Å². The molecule has 94 valence electrons. The zero-order chi connectivity index (χ0) is 13.2. The molecule has 0 unspecified atom stereocenters. The highest BCUT2D eigenvalue weighted by Gasteiger charge is 2.25. The van der Waals surface area contributed by atoms with Gasteiger partial charge in [-0.3, -0.25) is 0 Å². The Morgan fingerprint density at radius 1 is 1.47 bits per heavy atom. The number of aryl methyl sites for hydroxylation is 1. The van der Waals surface area contributed by atoms with Crippen LogP contribution in [0.4, 0.5) is 0 Å². The highest BCUT2D eigenvalue weighted by Crippen LogP contribution is 2.08. The van der Waals surface area contributed by atoms with Crippen LogP contribution in [0.25, 0.3) is 0 Å². The number of hydroxylamine groups is 1. The molecule has 0 fully saturated rings. The van der Waals surface area contributed by atoms with Gasteiger partial charge in [-0.2, -0.15) is 9.47 Å². The highest BCUT2D eigenvalue weighted by molar-refractivity contribution is 5.73. The largest absolute Gasteiger partial charge is 0.623 e. The Kier molecular flexibility index (Phi) is 3.40. The number of aromatic nitrogens is 2. The molecule has 0 saturated heterocycles. The number of oxime groups is 1. The SMILES string of the molecule is Cc1nc(C=[N+]([O-])C(C)(C)C=NO)n(O)c1C. The van der Waals surface area contributed by atoms with Crippen LogP contribution in [0.15, 0.2) is 5.16 Å². The van der Waals surface area contributed by atoms with Crippen LogP contribution < -0.4 is 0 Å². The van der Waals surface area contributed by atoms with Crippen LogP contribution >= 0.6 is 0 Å². The van der Waals surface area contributed by atoms with Gasteiger partial charge in [0.15, 0.2) is 0 Å². The summed E-state index contributed by atoms with van der Waals surface area (Å²) in [5.41, 5.74) is 0.182. The van der Waals surface area contributed by atoms with E-state index < -0.39 is 5.54 Å². The van der Waals surface area contributed by atoms with Crippen molar-refractivity contribution in [3.8, 4) is 0 Å². The summed E-state index contributed by atoms with van der Waals surface area (Å²) < 4.78 is 1.40. The maximum atomic E-state index is 11.8. The van der Waals surface area contributed by atoms with Gasteiger partial charge in [-0.25, -0.2) is 4.98 Å². The van der Waals surface area contributed by atoms with Crippen molar-refractivity contribution >= 4 is 12.4 Å². The lowest BCUT2D eigenvalue weighted by Gasteiger charge is -2.18. The van der Waals surface area contributed by atoms with Gasteiger partial charge in [0.1, 0.15) is 6.21 Å². The second-order valence-electron chi connectivity index (χ2n) is 4.31. The first kappa shape index (κ1) is 13.0. The minimum atomic E-state index is -1.03. The summed E-state index contributed by atoms with van der Waals surface area (Å²) in [6.45, 7) is 6.56. The fourth-order valence-electron chi connectivity index (χ4n) is 1.18. The normalized spacial score (nSPS) is 13.5. The fourth-order valence-corrected chi connectivity index (χ4v) is 1.18. The van der Waals surface area contributed by atoms with Crippen molar-refractivity contribution in [2.45, 2.75) is 33.2 Å². The number of imidazole rings is 1. The lowest BCUT2D eigenvalue weighted by molar-refractivity contribution is -0.511. The van der Waals surface area contributed by atoms with Crippen molar-refractivity contribution < 1.29 is 15.2 Å². The number of hydrogen-bond donors (Lipinski definition) is 2. The summed E-state index contributed by atoms with van der Waals surface area (Å²) in [5, 5.41) is 32.7. The molecule has 0 spiro atoms. The molecule has 1 rings (SSSR count). The van der Waals surface area contributed by atoms with Gasteiger partial charge >= 0.3 is 0 Å². The third-order valence-electron chi connectivity index (χ3n) is 2.51. The molecular weight excluding hydrogens is 224 g/mol. The molecule has 0 bridgehead atoms. The first-order valence-electron chi connectivity index (χ1n) is 5.04. The molecule has 2 N–H and O–H groups in total. The molecule has 17 heavy (non-hydrogen) atoms. The summed E-state index contributed by atoms with van der Waals surface area (Å²) in [4.78, 5) is 4.03. The van der Waals surface area contributed by atoms with Gasteiger partial charge in [0.25, 0.3) is 0 Å². The van der Waals surface area contributed by atoms with Gasteiger partial charge in [0, 0.05) is 13.8 Å². The van der Waals surface area contributed by atoms with E-state index in [0.29, 0.717) is 16.1 Å². The lowest BCUT2D eigenvalue weighted by Crippen LogP contribution is -2.35. The zero-order valence-corrected chi connectivity index (χ0v) is 10.2. The van der Waals surface area contributed by atoms with Crippen LogP contribution in [0.5, 0.6) is 0 Å². The number of hydrogen-bond acceptors (Lipinski definition) is 5. The van der Waals surface area contributed by atoms with Crippen LogP contribution in [0.3, 0.4) is 0 Å². The van der Waals surface area contributed by atoms with Gasteiger partial charge in [-0.1, -0.05) is 5.16 Å². The maximum Gasteiger partial charge on any atom is 0.233 e. The van der Waals surface area contributed by atoms with E-state index in [-0.39, 0.29) is 5.82 Å². The molecule has 0 aromatic carbocycles. The molecule has 0 aliphatic carbocycles. The van der Waals surface area contributed by atoms with E-state index in [2.05, 4.69) is 10.1 Å². The van der Waals surface area contributed by atoms with E-state index in [0.717, 1.165) is 17.2 Å². The second kappa shape index (κ2) is 4.44. The smallest absolute Gasteiger partial charge is 0.233 e. The van der Waals surface area contributed by atoms with Gasteiger partial charge in [-0.05, 0) is 13.8 Å². The molecule has 7 heteroatoms. The molecule has 1 aromatic heterocycles. The Labute approximate surface area is 98.9 Å². The molecular formula is C10H16N4O3. The predicted octanol–water partition coefficient (Wildman–Crippen LogP) is 0.905. The highest BCUT2D eigenvalue weighted by atomic mass is 16.5. The fraction of sp³-hybridized carbons (Fsp3) is 0.500. The molecule has 0 amide bonds. The van der Waals surface area contributed by atoms with Crippen molar-refractivity contribution in [2.75, 3.05) is 0 Å². The van der Waals surface area contributed by atoms with E-state index in [9.17, 15) is 10.4 Å². The minimum Gasteiger partial charge on any atom is -0.623 e. The Hall–Kier alpha value is -2.05. The first-order valence-corrected chi connectivity index (χ1v) is 5.04. The van der Waals surface area contributed by atoms with Crippen molar-refractivity contribution in [3.63, 3.8) is 0 Å². The minimum absolute atomic E-state index is 0.134. The third kappa shape index (κ3) is 2.55. The summed E-state index contributed by atoms with van der Waals surface area (Å²) >= 11 is 0. The summed E-state index contributed by atoms with van der Waals surface area (Å²) in [7, 11) is 0. The number of rotatable bonds is 3. The van der Waals surface area contributed by atoms with E-state index in [1.807, 2.05) is 0 Å².